The maximum Gasteiger partial charge on any atom is 0.282 e. The largest absolute Gasteiger partial charge is 0.506 e. The highest BCUT2D eigenvalue weighted by molar-refractivity contribution is 9.11. The lowest BCUT2D eigenvalue weighted by Crippen LogP contribution is -2.36. The van der Waals surface area contributed by atoms with Crippen molar-refractivity contribution in [3.63, 3.8) is 0 Å². The number of rotatable bonds is 2. The molecular weight excluding hydrogens is 488 g/mol. The zero-order valence-corrected chi connectivity index (χ0v) is 17.5. The number of benzene rings is 3. The van der Waals surface area contributed by atoms with Crippen LogP contribution in [0.15, 0.2) is 50.4 Å². The van der Waals surface area contributed by atoms with Crippen molar-refractivity contribution in [2.75, 3.05) is 0 Å². The lowest BCUT2D eigenvalue weighted by atomic mass is 9.92. The van der Waals surface area contributed by atoms with Crippen LogP contribution in [0.3, 0.4) is 0 Å². The normalized spacial score (nSPS) is 15.3. The van der Waals surface area contributed by atoms with Crippen LogP contribution in [0, 0.1) is 0 Å². The summed E-state index contributed by atoms with van der Waals surface area (Å²) in [4.78, 5) is 26.0. The highest BCUT2D eigenvalue weighted by Crippen LogP contribution is 2.38. The van der Waals surface area contributed by atoms with E-state index in [1.165, 1.54) is 17.3 Å². The van der Waals surface area contributed by atoms with Crippen LogP contribution in [0.4, 0.5) is 0 Å². The third kappa shape index (κ3) is 2.46. The van der Waals surface area contributed by atoms with Gasteiger partial charge in [0.25, 0.3) is 11.8 Å². The van der Waals surface area contributed by atoms with Crippen molar-refractivity contribution in [3.8, 4) is 5.75 Å². The molecule has 138 valence electrons. The summed E-state index contributed by atoms with van der Waals surface area (Å²) in [5, 5.41) is 16.9. The fourth-order valence-electron chi connectivity index (χ4n) is 3.91. The molecule has 1 aliphatic heterocycles. The van der Waals surface area contributed by atoms with Gasteiger partial charge in [0.1, 0.15) is 5.75 Å². The minimum atomic E-state index is -0.460. The minimum Gasteiger partial charge on any atom is -0.506 e. The zero-order chi connectivity index (χ0) is 19.6. The Morgan fingerprint density at radius 3 is 2.14 bits per heavy atom. The number of amides is 2. The average molecular weight is 500 g/mol. The number of halogens is 2. The van der Waals surface area contributed by atoms with Gasteiger partial charge in [0.05, 0.1) is 21.8 Å². The molecular formula is C21H12Br2N2O3. The Hall–Kier alpha value is -2.51. The quantitative estimate of drug-likeness (QED) is 0.406. The van der Waals surface area contributed by atoms with Gasteiger partial charge in [-0.25, -0.2) is 0 Å². The number of hydrazone groups is 1. The molecule has 0 fully saturated rings. The lowest BCUT2D eigenvalue weighted by molar-refractivity contribution is 0.0616. The topological polar surface area (TPSA) is 70.0 Å². The van der Waals surface area contributed by atoms with Crippen molar-refractivity contribution in [2.24, 2.45) is 5.10 Å². The van der Waals surface area contributed by atoms with E-state index < -0.39 is 11.8 Å². The SMILES string of the molecule is O=C1c2ccc3c4c(ccc(c24)C(=O)N1N=Cc1cc(Br)cc(Br)c1O)CC3. The van der Waals surface area contributed by atoms with E-state index in [2.05, 4.69) is 37.0 Å². The monoisotopic (exact) mass is 498 g/mol. The lowest BCUT2D eigenvalue weighted by Gasteiger charge is -2.23. The van der Waals surface area contributed by atoms with E-state index in [-0.39, 0.29) is 5.75 Å². The molecule has 2 amide bonds. The van der Waals surface area contributed by atoms with E-state index >= 15 is 0 Å². The van der Waals surface area contributed by atoms with Gasteiger partial charge in [0.2, 0.25) is 0 Å². The number of nitrogens with zero attached hydrogens (tertiary/aromatic N) is 2. The molecule has 0 saturated carbocycles. The molecule has 28 heavy (non-hydrogen) atoms. The van der Waals surface area contributed by atoms with Gasteiger partial charge in [0, 0.05) is 15.4 Å². The first kappa shape index (κ1) is 17.6. The molecule has 7 heteroatoms. The summed E-state index contributed by atoms with van der Waals surface area (Å²) < 4.78 is 1.21. The number of aromatic hydroxyl groups is 1. The number of phenolic OH excluding ortho intramolecular Hbond substituents is 1. The molecule has 5 rings (SSSR count). The van der Waals surface area contributed by atoms with E-state index in [1.807, 2.05) is 12.1 Å². The van der Waals surface area contributed by atoms with Gasteiger partial charge in [0.15, 0.2) is 0 Å². The molecule has 0 aromatic heterocycles. The second-order valence-electron chi connectivity index (χ2n) is 6.79. The van der Waals surface area contributed by atoms with Crippen molar-refractivity contribution < 1.29 is 14.7 Å². The van der Waals surface area contributed by atoms with Crippen LogP contribution in [-0.2, 0) is 12.8 Å². The van der Waals surface area contributed by atoms with Crippen LogP contribution >= 0.6 is 31.9 Å². The number of hydrogen-bond acceptors (Lipinski definition) is 4. The van der Waals surface area contributed by atoms with Crippen LogP contribution in [0.25, 0.3) is 10.8 Å². The van der Waals surface area contributed by atoms with Crippen molar-refractivity contribution in [2.45, 2.75) is 12.8 Å². The Morgan fingerprint density at radius 1 is 0.929 bits per heavy atom. The van der Waals surface area contributed by atoms with Gasteiger partial charge in [-0.2, -0.15) is 10.1 Å². The standard InChI is InChI=1S/C21H12Br2N2O3/c22-13-7-12(19(26)16(23)8-13)9-24-25-20(27)14-5-3-10-1-2-11-4-6-15(21(25)28)18(14)17(10)11/h3-9,26H,1-2H2. The Balaban J connectivity index is 1.62. The summed E-state index contributed by atoms with van der Waals surface area (Å²) in [6, 6.07) is 10.8. The van der Waals surface area contributed by atoms with Crippen LogP contribution in [-0.4, -0.2) is 28.1 Å². The molecule has 0 atom stereocenters. The molecule has 0 bridgehead atoms. The summed E-state index contributed by atoms with van der Waals surface area (Å²) in [5.74, 6) is -0.942. The van der Waals surface area contributed by atoms with Crippen molar-refractivity contribution >= 4 is 60.7 Å². The van der Waals surface area contributed by atoms with Gasteiger partial charge < -0.3 is 5.11 Å². The number of carbonyl (C=O) groups excluding carboxylic acids is 2. The molecule has 0 radical (unpaired) electrons. The first-order valence-corrected chi connectivity index (χ1v) is 10.2. The van der Waals surface area contributed by atoms with Crippen molar-refractivity contribution in [3.05, 3.63) is 73.2 Å². The maximum absolute atomic E-state index is 13.0. The Labute approximate surface area is 176 Å². The molecule has 2 aliphatic rings. The van der Waals surface area contributed by atoms with Gasteiger partial charge >= 0.3 is 0 Å². The molecule has 5 nitrogen and oxygen atoms in total. The molecule has 1 heterocycles. The molecule has 1 aliphatic carbocycles. The Bertz CT molecular complexity index is 1190. The third-order valence-corrected chi connectivity index (χ3v) is 6.27. The number of aryl methyl sites for hydroxylation is 2. The first-order chi connectivity index (χ1) is 13.5. The highest BCUT2D eigenvalue weighted by Gasteiger charge is 2.35. The van der Waals surface area contributed by atoms with E-state index in [4.69, 9.17) is 0 Å². The predicted octanol–water partition coefficient (Wildman–Crippen LogP) is 4.80. The molecule has 0 unspecified atom stereocenters. The van der Waals surface area contributed by atoms with Gasteiger partial charge in [-0.05, 0) is 69.6 Å². The van der Waals surface area contributed by atoms with Crippen LogP contribution < -0.4 is 0 Å². The van der Waals surface area contributed by atoms with Gasteiger partial charge in [-0.3, -0.25) is 9.59 Å². The third-order valence-electron chi connectivity index (χ3n) is 5.21. The van der Waals surface area contributed by atoms with Crippen LogP contribution in [0.5, 0.6) is 5.75 Å². The summed E-state index contributed by atoms with van der Waals surface area (Å²) in [5.41, 5.74) is 3.69. The fraction of sp³-hybridized carbons (Fsp3) is 0.0952. The van der Waals surface area contributed by atoms with Crippen LogP contribution in [0.2, 0.25) is 0 Å². The number of imide groups is 1. The summed E-state index contributed by atoms with van der Waals surface area (Å²) in [6.45, 7) is 0. The molecule has 1 N–H and O–H groups in total. The van der Waals surface area contributed by atoms with E-state index in [1.54, 1.807) is 24.3 Å². The van der Waals surface area contributed by atoms with E-state index in [0.717, 1.165) is 33.1 Å². The Kier molecular flexibility index (Phi) is 3.93. The molecule has 0 saturated heterocycles. The van der Waals surface area contributed by atoms with Gasteiger partial charge in [-0.1, -0.05) is 28.1 Å². The predicted molar refractivity (Wildman–Crippen MR) is 113 cm³/mol. The number of carbonyl (C=O) groups is 2. The van der Waals surface area contributed by atoms with Gasteiger partial charge in [-0.15, -0.1) is 0 Å². The average Bonchev–Trinajstić information content (AvgIpc) is 3.10. The van der Waals surface area contributed by atoms with E-state index in [9.17, 15) is 14.7 Å². The minimum absolute atomic E-state index is 0.0217. The first-order valence-electron chi connectivity index (χ1n) is 8.64. The second kappa shape index (κ2) is 6.25. The highest BCUT2D eigenvalue weighted by atomic mass is 79.9. The zero-order valence-electron chi connectivity index (χ0n) is 14.4. The van der Waals surface area contributed by atoms with Crippen LogP contribution in [0.1, 0.15) is 37.4 Å². The smallest absolute Gasteiger partial charge is 0.282 e. The van der Waals surface area contributed by atoms with Crippen molar-refractivity contribution in [1.29, 1.82) is 0 Å². The maximum atomic E-state index is 13.0. The number of hydrogen-bond donors (Lipinski definition) is 1. The molecule has 3 aromatic rings. The fourth-order valence-corrected chi connectivity index (χ4v) is 5.17. The summed E-state index contributed by atoms with van der Waals surface area (Å²) >= 11 is 6.60. The number of phenols is 1. The molecule has 0 spiro atoms. The summed E-state index contributed by atoms with van der Waals surface area (Å²) in [7, 11) is 0. The van der Waals surface area contributed by atoms with E-state index in [0.29, 0.717) is 21.2 Å². The summed E-state index contributed by atoms with van der Waals surface area (Å²) in [6.07, 6.45) is 3.16. The van der Waals surface area contributed by atoms with Crippen molar-refractivity contribution in [1.82, 2.24) is 5.01 Å². The second-order valence-corrected chi connectivity index (χ2v) is 8.56. The Morgan fingerprint density at radius 2 is 1.54 bits per heavy atom. The molecule has 3 aromatic carbocycles.